The number of hydrogen-bond acceptors (Lipinski definition) is 4. The Morgan fingerprint density at radius 2 is 2.10 bits per heavy atom. The molecular formula is C16H24ClNO3. The summed E-state index contributed by atoms with van der Waals surface area (Å²) in [6.45, 7) is 4.83. The molecule has 0 amide bonds. The van der Waals surface area contributed by atoms with Crippen LogP contribution in [0.2, 0.25) is 5.02 Å². The molecule has 1 atom stereocenters. The third-order valence-corrected chi connectivity index (χ3v) is 3.76. The zero-order valence-corrected chi connectivity index (χ0v) is 13.7. The summed E-state index contributed by atoms with van der Waals surface area (Å²) >= 11 is 6.15. The molecule has 0 saturated heterocycles. The topological polar surface area (TPSA) is 61.5 Å². The molecule has 4 nitrogen and oxygen atoms in total. The van der Waals surface area contributed by atoms with Crippen LogP contribution in [-0.4, -0.2) is 19.7 Å². The molecule has 0 fully saturated rings. The summed E-state index contributed by atoms with van der Waals surface area (Å²) in [4.78, 5) is 11.8. The minimum atomic E-state index is -0.499. The molecule has 0 saturated carbocycles. The monoisotopic (exact) mass is 313 g/mol. The van der Waals surface area contributed by atoms with Gasteiger partial charge in [-0.25, -0.2) is 4.79 Å². The number of unbranched alkanes of at least 4 members (excludes halogenated alkanes) is 1. The number of carbonyl (C=O) groups is 1. The molecular weight excluding hydrogens is 290 g/mol. The van der Waals surface area contributed by atoms with Crippen molar-refractivity contribution in [1.29, 1.82) is 0 Å². The normalized spacial score (nSPS) is 12.0. The smallest absolute Gasteiger partial charge is 0.341 e. The first-order chi connectivity index (χ1) is 10.0. The van der Waals surface area contributed by atoms with Crippen LogP contribution >= 0.6 is 11.6 Å². The van der Waals surface area contributed by atoms with Gasteiger partial charge in [0.25, 0.3) is 0 Å². The van der Waals surface area contributed by atoms with Gasteiger partial charge in [0.2, 0.25) is 0 Å². The average Bonchev–Trinajstić information content (AvgIpc) is 2.47. The van der Waals surface area contributed by atoms with Crippen molar-refractivity contribution >= 4 is 23.3 Å². The molecule has 0 heterocycles. The summed E-state index contributed by atoms with van der Waals surface area (Å²) in [6.07, 6.45) is 4.46. The Hall–Kier alpha value is -1.42. The average molecular weight is 314 g/mol. The van der Waals surface area contributed by atoms with E-state index in [-0.39, 0.29) is 5.56 Å². The molecule has 21 heavy (non-hydrogen) atoms. The molecule has 0 bridgehead atoms. The van der Waals surface area contributed by atoms with Gasteiger partial charge in [-0.15, -0.1) is 0 Å². The maximum Gasteiger partial charge on any atom is 0.341 e. The van der Waals surface area contributed by atoms with E-state index in [1.807, 2.05) is 0 Å². The third kappa shape index (κ3) is 5.12. The van der Waals surface area contributed by atoms with Crippen LogP contribution in [0.25, 0.3) is 0 Å². The summed E-state index contributed by atoms with van der Waals surface area (Å²) in [6, 6.07) is 3.11. The molecule has 0 radical (unpaired) electrons. The highest BCUT2D eigenvalue weighted by Gasteiger charge is 2.19. The van der Waals surface area contributed by atoms with Gasteiger partial charge in [-0.3, -0.25) is 0 Å². The van der Waals surface area contributed by atoms with Gasteiger partial charge in [0.1, 0.15) is 5.56 Å². The summed E-state index contributed by atoms with van der Waals surface area (Å²) in [5.74, 6) is 0.303. The summed E-state index contributed by atoms with van der Waals surface area (Å²) in [7, 11) is 1.32. The number of esters is 1. The van der Waals surface area contributed by atoms with Crippen molar-refractivity contribution < 1.29 is 14.3 Å². The van der Waals surface area contributed by atoms with Crippen LogP contribution in [0.4, 0.5) is 5.69 Å². The lowest BCUT2D eigenvalue weighted by Gasteiger charge is -2.18. The molecule has 5 heteroatoms. The number of ether oxygens (including phenoxy) is 2. The van der Waals surface area contributed by atoms with Crippen molar-refractivity contribution in [2.75, 3.05) is 19.5 Å². The lowest BCUT2D eigenvalue weighted by Crippen LogP contribution is -2.14. The predicted octanol–water partition coefficient (Wildman–Crippen LogP) is 4.30. The van der Waals surface area contributed by atoms with Gasteiger partial charge < -0.3 is 15.2 Å². The zero-order chi connectivity index (χ0) is 15.8. The van der Waals surface area contributed by atoms with Crippen molar-refractivity contribution in [3.8, 4) is 5.75 Å². The minimum absolute atomic E-state index is 0.271. The first kappa shape index (κ1) is 17.6. The van der Waals surface area contributed by atoms with Gasteiger partial charge in [0.15, 0.2) is 5.75 Å². The van der Waals surface area contributed by atoms with Crippen LogP contribution in [0.5, 0.6) is 5.75 Å². The number of methoxy groups -OCH3 is 1. The SMILES string of the molecule is CCCCC(CC)COc1c(Cl)cc(N)cc1C(=O)OC. The van der Waals surface area contributed by atoms with E-state index >= 15 is 0 Å². The number of anilines is 1. The van der Waals surface area contributed by atoms with Gasteiger partial charge >= 0.3 is 5.97 Å². The summed E-state index contributed by atoms with van der Waals surface area (Å²) in [5.41, 5.74) is 6.40. The highest BCUT2D eigenvalue weighted by atomic mass is 35.5. The molecule has 0 spiro atoms. The number of halogens is 1. The Labute approximate surface area is 131 Å². The number of carbonyl (C=O) groups excluding carboxylic acids is 1. The van der Waals surface area contributed by atoms with E-state index in [0.717, 1.165) is 19.3 Å². The van der Waals surface area contributed by atoms with Gasteiger partial charge in [0, 0.05) is 5.69 Å². The Balaban J connectivity index is 2.88. The first-order valence-electron chi connectivity index (χ1n) is 7.33. The highest BCUT2D eigenvalue weighted by molar-refractivity contribution is 6.33. The zero-order valence-electron chi connectivity index (χ0n) is 12.9. The van der Waals surface area contributed by atoms with Crippen LogP contribution in [0.3, 0.4) is 0 Å². The number of rotatable bonds is 8. The molecule has 1 rings (SSSR count). The van der Waals surface area contributed by atoms with Gasteiger partial charge in [-0.05, 0) is 24.5 Å². The summed E-state index contributed by atoms with van der Waals surface area (Å²) in [5, 5.41) is 0.334. The molecule has 1 unspecified atom stereocenters. The fraction of sp³-hybridized carbons (Fsp3) is 0.562. The molecule has 0 aliphatic heterocycles. The second-order valence-corrected chi connectivity index (χ2v) is 5.51. The van der Waals surface area contributed by atoms with Crippen LogP contribution < -0.4 is 10.5 Å². The lowest BCUT2D eigenvalue weighted by molar-refractivity contribution is 0.0595. The van der Waals surface area contributed by atoms with Crippen LogP contribution in [0, 0.1) is 5.92 Å². The number of hydrogen-bond donors (Lipinski definition) is 1. The van der Waals surface area contributed by atoms with Crippen molar-refractivity contribution in [2.24, 2.45) is 5.92 Å². The van der Waals surface area contributed by atoms with E-state index in [1.54, 1.807) is 6.07 Å². The lowest BCUT2D eigenvalue weighted by atomic mass is 10.0. The van der Waals surface area contributed by atoms with E-state index in [4.69, 9.17) is 26.8 Å². The Morgan fingerprint density at radius 1 is 1.38 bits per heavy atom. The quantitative estimate of drug-likeness (QED) is 0.574. The fourth-order valence-corrected chi connectivity index (χ4v) is 2.40. The number of nitrogen functional groups attached to an aromatic ring is 1. The largest absolute Gasteiger partial charge is 0.491 e. The van der Waals surface area contributed by atoms with Gasteiger partial charge in [0.05, 0.1) is 18.7 Å². The minimum Gasteiger partial charge on any atom is -0.491 e. The molecule has 0 aliphatic carbocycles. The number of benzene rings is 1. The van der Waals surface area contributed by atoms with Crippen LogP contribution in [0.15, 0.2) is 12.1 Å². The van der Waals surface area contributed by atoms with Crippen molar-refractivity contribution in [1.82, 2.24) is 0 Å². The molecule has 0 aliphatic rings. The van der Waals surface area contributed by atoms with E-state index in [1.165, 1.54) is 19.6 Å². The Bertz CT molecular complexity index is 477. The second kappa shape index (κ2) is 8.78. The van der Waals surface area contributed by atoms with Crippen molar-refractivity contribution in [3.05, 3.63) is 22.7 Å². The number of nitrogens with two attached hydrogens (primary N) is 1. The maximum atomic E-state index is 11.8. The molecule has 1 aromatic carbocycles. The van der Waals surface area contributed by atoms with Crippen molar-refractivity contribution in [3.63, 3.8) is 0 Å². The maximum absolute atomic E-state index is 11.8. The first-order valence-corrected chi connectivity index (χ1v) is 7.71. The molecule has 1 aromatic rings. The van der Waals surface area contributed by atoms with Gasteiger partial charge in [-0.2, -0.15) is 0 Å². The fourth-order valence-electron chi connectivity index (χ4n) is 2.12. The third-order valence-electron chi connectivity index (χ3n) is 3.48. The highest BCUT2D eigenvalue weighted by Crippen LogP contribution is 2.33. The van der Waals surface area contributed by atoms with E-state index in [2.05, 4.69) is 13.8 Å². The standard InChI is InChI=1S/C16H24ClNO3/c1-4-6-7-11(5-2)10-21-15-13(16(19)20-3)8-12(18)9-14(15)17/h8-9,11H,4-7,10,18H2,1-3H3. The van der Waals surface area contributed by atoms with Gasteiger partial charge in [-0.1, -0.05) is 44.7 Å². The Morgan fingerprint density at radius 3 is 2.67 bits per heavy atom. The van der Waals surface area contributed by atoms with Crippen LogP contribution in [-0.2, 0) is 4.74 Å². The summed E-state index contributed by atoms with van der Waals surface area (Å²) < 4.78 is 10.6. The van der Waals surface area contributed by atoms with Crippen LogP contribution in [0.1, 0.15) is 49.9 Å². The predicted molar refractivity (Wildman–Crippen MR) is 86.0 cm³/mol. The Kier molecular flexibility index (Phi) is 7.37. The van der Waals surface area contributed by atoms with E-state index in [9.17, 15) is 4.79 Å². The van der Waals surface area contributed by atoms with Crippen molar-refractivity contribution in [2.45, 2.75) is 39.5 Å². The molecule has 2 N–H and O–H groups in total. The molecule has 118 valence electrons. The van der Waals surface area contributed by atoms with E-state index < -0.39 is 5.97 Å². The molecule has 0 aromatic heterocycles. The van der Waals surface area contributed by atoms with E-state index in [0.29, 0.717) is 29.0 Å². The second-order valence-electron chi connectivity index (χ2n) is 5.10.